The predicted molar refractivity (Wildman–Crippen MR) is 53.6 cm³/mol. The summed E-state index contributed by atoms with van der Waals surface area (Å²) in [6.07, 6.45) is -3.68. The molecule has 2 rings (SSSR count). The van der Waals surface area contributed by atoms with Crippen LogP contribution in [0.25, 0.3) is 11.0 Å². The van der Waals surface area contributed by atoms with Crippen molar-refractivity contribution in [1.29, 1.82) is 0 Å². The first-order valence-electron chi connectivity index (χ1n) is 4.76. The zero-order chi connectivity index (χ0) is 14.4. The smallest absolute Gasteiger partial charge is 0.337 e. The van der Waals surface area contributed by atoms with Crippen LogP contribution in [0.2, 0.25) is 0 Å². The van der Waals surface area contributed by atoms with Gasteiger partial charge in [0.05, 0.1) is 16.5 Å². The highest BCUT2D eigenvalue weighted by atomic mass is 19.3. The third kappa shape index (κ3) is 1.84. The number of rotatable bonds is 3. The molecule has 0 aromatic carbocycles. The minimum Gasteiger partial charge on any atom is -0.478 e. The number of nitrogens with one attached hydrogen (secondary N) is 2. The highest BCUT2D eigenvalue weighted by molar-refractivity contribution is 5.95. The van der Waals surface area contributed by atoms with E-state index in [4.69, 9.17) is 5.11 Å². The fourth-order valence-corrected chi connectivity index (χ4v) is 1.62. The molecule has 2 aromatic rings. The summed E-state index contributed by atoms with van der Waals surface area (Å²) in [6.45, 7) is 0. The molecule has 0 atom stereocenters. The van der Waals surface area contributed by atoms with E-state index in [1.165, 1.54) is 0 Å². The number of halogens is 4. The topological polar surface area (TPSA) is 98.8 Å². The number of hydrogen-bond donors (Lipinski definition) is 3. The fourth-order valence-electron chi connectivity index (χ4n) is 1.62. The van der Waals surface area contributed by atoms with Gasteiger partial charge >= 0.3 is 18.3 Å². The van der Waals surface area contributed by atoms with E-state index in [9.17, 15) is 27.2 Å². The molecule has 0 saturated heterocycles. The summed E-state index contributed by atoms with van der Waals surface area (Å²) in [7, 11) is 0. The molecule has 102 valence electrons. The molecule has 0 saturated carbocycles. The maximum absolute atomic E-state index is 13.5. The largest absolute Gasteiger partial charge is 0.478 e. The number of carboxylic acid groups (broad SMARTS) is 1. The number of carbonyl (C=O) groups is 1. The summed E-state index contributed by atoms with van der Waals surface area (Å²) in [5.41, 5.74) is -4.28. The number of fused-ring (bicyclic) bond motifs is 1. The van der Waals surface area contributed by atoms with E-state index in [2.05, 4.69) is 10.1 Å². The minimum absolute atomic E-state index is 0.426. The van der Waals surface area contributed by atoms with Crippen molar-refractivity contribution in [3.8, 4) is 0 Å². The minimum atomic E-state index is -4.79. The Morgan fingerprint density at radius 3 is 2.53 bits per heavy atom. The summed E-state index contributed by atoms with van der Waals surface area (Å²) in [6, 6.07) is 0. The summed E-state index contributed by atoms with van der Waals surface area (Å²) in [4.78, 5) is 25.6. The van der Waals surface area contributed by atoms with Crippen LogP contribution in [0.5, 0.6) is 0 Å². The van der Waals surface area contributed by atoms with Gasteiger partial charge in [-0.05, 0) is 0 Å². The molecule has 6 nitrogen and oxygen atoms in total. The van der Waals surface area contributed by atoms with Gasteiger partial charge in [0.2, 0.25) is 0 Å². The molecule has 2 heterocycles. The lowest BCUT2D eigenvalue weighted by Gasteiger charge is -2.17. The van der Waals surface area contributed by atoms with Gasteiger partial charge in [-0.25, -0.2) is 18.6 Å². The van der Waals surface area contributed by atoms with Gasteiger partial charge in [-0.15, -0.1) is 0 Å². The molecule has 0 aliphatic carbocycles. The van der Waals surface area contributed by atoms with Gasteiger partial charge in [-0.2, -0.15) is 8.78 Å². The number of H-pyrrole nitrogens is 2. The summed E-state index contributed by atoms with van der Waals surface area (Å²) >= 11 is 0. The average Bonchev–Trinajstić information content (AvgIpc) is 2.69. The van der Waals surface area contributed by atoms with Crippen LogP contribution in [0.1, 0.15) is 15.9 Å². The van der Waals surface area contributed by atoms with Crippen LogP contribution in [0.3, 0.4) is 0 Å². The molecule has 3 N–H and O–H groups in total. The first-order chi connectivity index (χ1) is 8.76. The lowest BCUT2D eigenvalue weighted by Crippen LogP contribution is -2.28. The van der Waals surface area contributed by atoms with Gasteiger partial charge < -0.3 is 5.11 Å². The Labute approximate surface area is 101 Å². The third-order valence-corrected chi connectivity index (χ3v) is 2.44. The number of carboxylic acids is 1. The molecular formula is C9H5F4N3O3. The molecule has 0 radical (unpaired) electrons. The van der Waals surface area contributed by atoms with E-state index in [0.29, 0.717) is 6.20 Å². The molecule has 10 heteroatoms. The fraction of sp³-hybridized carbons (Fsp3) is 0.222. The Balaban J connectivity index is 2.95. The number of nitrogens with zero attached hydrogens (tertiary/aromatic N) is 1. The first kappa shape index (κ1) is 13.1. The van der Waals surface area contributed by atoms with E-state index in [1.807, 2.05) is 5.10 Å². The van der Waals surface area contributed by atoms with Gasteiger partial charge in [-0.1, -0.05) is 0 Å². The SMILES string of the molecule is O=C(O)c1cnc2[nH][nH]c(=O)c2c1C(F)(F)C(F)F. The maximum atomic E-state index is 13.5. The Morgan fingerprint density at radius 1 is 1.37 bits per heavy atom. The van der Waals surface area contributed by atoms with E-state index in [1.54, 1.807) is 0 Å². The van der Waals surface area contributed by atoms with Crippen LogP contribution in [0.4, 0.5) is 17.6 Å². The first-order valence-corrected chi connectivity index (χ1v) is 4.76. The van der Waals surface area contributed by atoms with E-state index in [-0.39, 0.29) is 0 Å². The molecule has 0 aliphatic rings. The van der Waals surface area contributed by atoms with Crippen molar-refractivity contribution in [2.45, 2.75) is 12.3 Å². The second kappa shape index (κ2) is 4.07. The van der Waals surface area contributed by atoms with Gasteiger partial charge in [0, 0.05) is 6.20 Å². The molecule has 19 heavy (non-hydrogen) atoms. The lowest BCUT2D eigenvalue weighted by molar-refractivity contribution is -0.134. The second-order valence-corrected chi connectivity index (χ2v) is 3.58. The number of hydrogen-bond acceptors (Lipinski definition) is 3. The number of aromatic nitrogens is 3. The molecule has 0 aliphatic heterocycles. The zero-order valence-electron chi connectivity index (χ0n) is 8.88. The maximum Gasteiger partial charge on any atom is 0.337 e. The highest BCUT2D eigenvalue weighted by Gasteiger charge is 2.47. The molecular weight excluding hydrogens is 274 g/mol. The van der Waals surface area contributed by atoms with Gasteiger partial charge in [-0.3, -0.25) is 15.0 Å². The molecule has 0 amide bonds. The molecule has 2 aromatic heterocycles. The van der Waals surface area contributed by atoms with Crippen LogP contribution in [0.15, 0.2) is 11.0 Å². The van der Waals surface area contributed by atoms with E-state index < -0.39 is 46.0 Å². The van der Waals surface area contributed by atoms with Crippen molar-refractivity contribution in [3.05, 3.63) is 27.7 Å². The van der Waals surface area contributed by atoms with Crippen molar-refractivity contribution in [2.24, 2.45) is 0 Å². The van der Waals surface area contributed by atoms with Crippen molar-refractivity contribution in [1.82, 2.24) is 15.2 Å². The number of aromatic carboxylic acids is 1. The molecule has 0 fully saturated rings. The third-order valence-electron chi connectivity index (χ3n) is 2.44. The van der Waals surface area contributed by atoms with Crippen molar-refractivity contribution in [2.75, 3.05) is 0 Å². The van der Waals surface area contributed by atoms with Crippen molar-refractivity contribution >= 4 is 17.0 Å². The van der Waals surface area contributed by atoms with Crippen LogP contribution in [0, 0.1) is 0 Å². The van der Waals surface area contributed by atoms with E-state index in [0.717, 1.165) is 0 Å². The monoisotopic (exact) mass is 279 g/mol. The number of pyridine rings is 1. The highest BCUT2D eigenvalue weighted by Crippen LogP contribution is 2.38. The number of alkyl halides is 4. The van der Waals surface area contributed by atoms with Gasteiger partial charge in [0.1, 0.15) is 0 Å². The average molecular weight is 279 g/mol. The Hall–Kier alpha value is -2.39. The number of aromatic amines is 2. The van der Waals surface area contributed by atoms with Gasteiger partial charge in [0.25, 0.3) is 5.56 Å². The zero-order valence-corrected chi connectivity index (χ0v) is 8.88. The standard InChI is InChI=1S/C9H5F4N3O3/c10-8(11)9(12,13)4-2(7(18)19)1-14-5-3(4)6(17)16-15-5/h1,8H,(H,18,19)(H2,14,15,16,17). The summed E-state index contributed by atoms with van der Waals surface area (Å²) in [5.74, 6) is -6.67. The lowest BCUT2D eigenvalue weighted by atomic mass is 10.0. The van der Waals surface area contributed by atoms with Crippen LogP contribution >= 0.6 is 0 Å². The quantitative estimate of drug-likeness (QED) is 0.737. The molecule has 0 unspecified atom stereocenters. The van der Waals surface area contributed by atoms with Crippen LogP contribution in [-0.2, 0) is 5.92 Å². The molecule has 0 bridgehead atoms. The molecule has 0 spiro atoms. The second-order valence-electron chi connectivity index (χ2n) is 3.58. The van der Waals surface area contributed by atoms with Crippen molar-refractivity contribution < 1.29 is 27.5 Å². The normalized spacial score (nSPS) is 12.3. The van der Waals surface area contributed by atoms with Crippen LogP contribution in [-0.4, -0.2) is 32.7 Å². The summed E-state index contributed by atoms with van der Waals surface area (Å²) < 4.78 is 51.8. The Bertz CT molecular complexity index is 706. The van der Waals surface area contributed by atoms with Crippen molar-refractivity contribution in [3.63, 3.8) is 0 Å². The van der Waals surface area contributed by atoms with Gasteiger partial charge in [0.15, 0.2) is 5.65 Å². The predicted octanol–water partition coefficient (Wildman–Crippen LogP) is 1.31. The Morgan fingerprint density at radius 2 is 2.00 bits per heavy atom. The van der Waals surface area contributed by atoms with E-state index >= 15 is 0 Å². The van der Waals surface area contributed by atoms with Crippen LogP contribution < -0.4 is 5.56 Å². The Kier molecular flexibility index (Phi) is 2.80. The summed E-state index contributed by atoms with van der Waals surface area (Å²) in [5, 5.41) is 11.8.